The summed E-state index contributed by atoms with van der Waals surface area (Å²) >= 11 is 0. The molecule has 5 heteroatoms. The summed E-state index contributed by atoms with van der Waals surface area (Å²) in [6, 6.07) is 17.8. The highest BCUT2D eigenvalue weighted by Crippen LogP contribution is 2.18. The third-order valence-corrected chi connectivity index (χ3v) is 9.23. The SMILES string of the molecule is C[Si](C)O[Si](C)(C)CCCOc1ccc(C(=O)c2ccccc2)cc1. The van der Waals surface area contributed by atoms with Gasteiger partial charge in [0, 0.05) is 11.1 Å². The molecule has 0 aliphatic carbocycles. The van der Waals surface area contributed by atoms with Crippen LogP contribution in [-0.4, -0.2) is 29.7 Å². The van der Waals surface area contributed by atoms with E-state index in [0.29, 0.717) is 17.7 Å². The first-order valence-corrected chi connectivity index (χ1v) is 14.2. The summed E-state index contributed by atoms with van der Waals surface area (Å²) in [6.07, 6.45) is 0.999. The fraction of sp³-hybridized carbons (Fsp3) is 0.350. The van der Waals surface area contributed by atoms with Crippen molar-refractivity contribution in [2.75, 3.05) is 6.61 Å². The average Bonchev–Trinajstić information content (AvgIpc) is 2.58. The van der Waals surface area contributed by atoms with Crippen LogP contribution in [0.3, 0.4) is 0 Å². The lowest BCUT2D eigenvalue weighted by Crippen LogP contribution is -2.35. The van der Waals surface area contributed by atoms with Crippen LogP contribution < -0.4 is 4.74 Å². The fourth-order valence-corrected chi connectivity index (χ4v) is 8.57. The van der Waals surface area contributed by atoms with Gasteiger partial charge in [0.2, 0.25) is 0 Å². The molecule has 0 amide bonds. The van der Waals surface area contributed by atoms with Crippen LogP contribution >= 0.6 is 0 Å². The zero-order valence-corrected chi connectivity index (χ0v) is 17.5. The molecule has 0 fully saturated rings. The molecule has 133 valence electrons. The third-order valence-electron chi connectivity index (χ3n) is 3.82. The molecule has 0 bridgehead atoms. The molecule has 0 saturated carbocycles. The van der Waals surface area contributed by atoms with Crippen LogP contribution in [0.25, 0.3) is 0 Å². The van der Waals surface area contributed by atoms with Gasteiger partial charge in [0.15, 0.2) is 23.1 Å². The average molecular weight is 372 g/mol. The van der Waals surface area contributed by atoms with Crippen molar-refractivity contribution in [2.45, 2.75) is 38.7 Å². The van der Waals surface area contributed by atoms with Crippen molar-refractivity contribution < 1.29 is 13.6 Å². The lowest BCUT2D eigenvalue weighted by molar-refractivity contribution is 0.103. The summed E-state index contributed by atoms with van der Waals surface area (Å²) in [5.41, 5.74) is 1.39. The monoisotopic (exact) mass is 371 g/mol. The maximum absolute atomic E-state index is 12.4. The summed E-state index contributed by atoms with van der Waals surface area (Å²) < 4.78 is 11.9. The van der Waals surface area contributed by atoms with Gasteiger partial charge in [0.1, 0.15) is 5.75 Å². The van der Waals surface area contributed by atoms with Gasteiger partial charge in [-0.3, -0.25) is 4.79 Å². The van der Waals surface area contributed by atoms with E-state index in [1.165, 1.54) is 0 Å². The second-order valence-electron chi connectivity index (χ2n) is 6.94. The predicted octanol–water partition coefficient (Wildman–Crippen LogP) is 5.16. The Morgan fingerprint density at radius 3 is 2.16 bits per heavy atom. The number of benzene rings is 2. The van der Waals surface area contributed by atoms with Gasteiger partial charge in [-0.05, 0) is 62.9 Å². The van der Waals surface area contributed by atoms with Crippen molar-refractivity contribution in [3.05, 3.63) is 65.7 Å². The van der Waals surface area contributed by atoms with E-state index in [9.17, 15) is 4.79 Å². The first-order chi connectivity index (χ1) is 11.9. The summed E-state index contributed by atoms with van der Waals surface area (Å²) in [7, 11) is -2.17. The van der Waals surface area contributed by atoms with Crippen molar-refractivity contribution in [1.29, 1.82) is 0 Å². The van der Waals surface area contributed by atoms with E-state index in [2.05, 4.69) is 26.2 Å². The molecule has 0 atom stereocenters. The van der Waals surface area contributed by atoms with Crippen molar-refractivity contribution >= 4 is 23.1 Å². The standard InChI is InChI=1S/C20H27O3Si2/c1-24(2)23-25(3,4)16-8-15-22-19-13-11-18(12-14-19)20(21)17-9-6-5-7-10-17/h5-7,9-14H,8,15-16H2,1-4H3. The molecule has 2 aromatic carbocycles. The molecule has 2 rings (SSSR count). The number of ether oxygens (including phenoxy) is 1. The Labute approximate surface area is 153 Å². The highest BCUT2D eigenvalue weighted by atomic mass is 28.4. The third kappa shape index (κ3) is 6.61. The van der Waals surface area contributed by atoms with E-state index in [4.69, 9.17) is 8.85 Å². The normalized spacial score (nSPS) is 11.6. The molecule has 25 heavy (non-hydrogen) atoms. The van der Waals surface area contributed by atoms with E-state index in [0.717, 1.165) is 18.2 Å². The van der Waals surface area contributed by atoms with Crippen LogP contribution in [0.15, 0.2) is 54.6 Å². The van der Waals surface area contributed by atoms with Crippen molar-refractivity contribution in [3.63, 3.8) is 0 Å². The van der Waals surface area contributed by atoms with E-state index in [-0.39, 0.29) is 5.78 Å². The van der Waals surface area contributed by atoms with Gasteiger partial charge in [-0.25, -0.2) is 0 Å². The summed E-state index contributed by atoms with van der Waals surface area (Å²) in [5.74, 6) is 0.842. The van der Waals surface area contributed by atoms with Crippen molar-refractivity contribution in [3.8, 4) is 5.75 Å². The summed E-state index contributed by atoms with van der Waals surface area (Å²) in [6.45, 7) is 9.60. The number of carbonyl (C=O) groups is 1. The Balaban J connectivity index is 1.82. The minimum Gasteiger partial charge on any atom is -0.494 e. The molecule has 0 heterocycles. The summed E-state index contributed by atoms with van der Waals surface area (Å²) in [4.78, 5) is 12.4. The predicted molar refractivity (Wildman–Crippen MR) is 107 cm³/mol. The molecule has 0 saturated heterocycles. The second-order valence-corrected chi connectivity index (χ2v) is 13.6. The molecule has 0 aromatic heterocycles. The van der Waals surface area contributed by atoms with Gasteiger partial charge >= 0.3 is 0 Å². The molecule has 0 N–H and O–H groups in total. The Bertz CT molecular complexity index is 667. The van der Waals surface area contributed by atoms with Crippen LogP contribution in [0.4, 0.5) is 0 Å². The molecular formula is C20H27O3Si2. The molecule has 3 nitrogen and oxygen atoms in total. The number of rotatable bonds is 9. The molecule has 0 aliphatic heterocycles. The summed E-state index contributed by atoms with van der Waals surface area (Å²) in [5, 5.41) is 0. The van der Waals surface area contributed by atoms with Crippen LogP contribution in [0.5, 0.6) is 5.75 Å². The van der Waals surface area contributed by atoms with Crippen LogP contribution in [0, 0.1) is 0 Å². The minimum atomic E-state index is -1.55. The molecule has 0 spiro atoms. The Hall–Kier alpha value is -1.70. The first-order valence-electron chi connectivity index (χ1n) is 8.69. The Morgan fingerprint density at radius 2 is 1.56 bits per heavy atom. The smallest absolute Gasteiger partial charge is 0.193 e. The zero-order chi connectivity index (χ0) is 18.3. The van der Waals surface area contributed by atoms with Gasteiger partial charge in [0.05, 0.1) is 6.61 Å². The largest absolute Gasteiger partial charge is 0.494 e. The number of ketones is 1. The first kappa shape index (κ1) is 19.6. The highest BCUT2D eigenvalue weighted by Gasteiger charge is 2.23. The van der Waals surface area contributed by atoms with Gasteiger partial charge in [-0.1, -0.05) is 30.3 Å². The zero-order valence-electron chi connectivity index (χ0n) is 15.5. The van der Waals surface area contributed by atoms with Crippen molar-refractivity contribution in [2.24, 2.45) is 0 Å². The van der Waals surface area contributed by atoms with E-state index in [1.54, 1.807) is 0 Å². The van der Waals surface area contributed by atoms with Crippen molar-refractivity contribution in [1.82, 2.24) is 0 Å². The van der Waals surface area contributed by atoms with Crippen LogP contribution in [0.1, 0.15) is 22.3 Å². The fourth-order valence-electron chi connectivity index (χ4n) is 2.75. The van der Waals surface area contributed by atoms with E-state index < -0.39 is 17.4 Å². The van der Waals surface area contributed by atoms with Gasteiger partial charge < -0.3 is 8.85 Å². The van der Waals surface area contributed by atoms with Crippen LogP contribution in [0.2, 0.25) is 32.2 Å². The van der Waals surface area contributed by atoms with Crippen LogP contribution in [-0.2, 0) is 4.12 Å². The topological polar surface area (TPSA) is 35.5 Å². The van der Waals surface area contributed by atoms with E-state index in [1.807, 2.05) is 54.6 Å². The Morgan fingerprint density at radius 1 is 0.960 bits per heavy atom. The number of hydrogen-bond acceptors (Lipinski definition) is 3. The maximum Gasteiger partial charge on any atom is 0.193 e. The highest BCUT2D eigenvalue weighted by molar-refractivity contribution is 6.77. The minimum absolute atomic E-state index is 0.0359. The maximum atomic E-state index is 12.4. The van der Waals surface area contributed by atoms with Gasteiger partial charge in [-0.15, -0.1) is 0 Å². The lowest BCUT2D eigenvalue weighted by Gasteiger charge is -2.25. The van der Waals surface area contributed by atoms with Gasteiger partial charge in [0.25, 0.3) is 0 Å². The Kier molecular flexibility index (Phi) is 7.16. The molecular weight excluding hydrogens is 344 g/mol. The quantitative estimate of drug-likeness (QED) is 0.347. The lowest BCUT2D eigenvalue weighted by atomic mass is 10.0. The molecule has 1 radical (unpaired) electrons. The number of carbonyl (C=O) groups excluding carboxylic acids is 1. The number of hydrogen-bond donors (Lipinski definition) is 0. The van der Waals surface area contributed by atoms with E-state index >= 15 is 0 Å². The second kappa shape index (κ2) is 9.13. The molecule has 0 unspecified atom stereocenters. The van der Waals surface area contributed by atoms with Gasteiger partial charge in [-0.2, -0.15) is 0 Å². The molecule has 0 aliphatic rings. The molecule has 2 aromatic rings.